The van der Waals surface area contributed by atoms with Gasteiger partial charge in [-0.25, -0.2) is 4.98 Å². The Morgan fingerprint density at radius 3 is 2.71 bits per heavy atom. The van der Waals surface area contributed by atoms with Crippen LogP contribution in [0.2, 0.25) is 0 Å². The highest BCUT2D eigenvalue weighted by molar-refractivity contribution is 7.09. The number of hydrogen-bond acceptors (Lipinski definition) is 4. The number of nitrogens with one attached hydrogen (secondary N) is 1. The summed E-state index contributed by atoms with van der Waals surface area (Å²) in [6, 6.07) is -0.120. The number of rotatable bonds is 3. The van der Waals surface area contributed by atoms with Crippen LogP contribution in [0.5, 0.6) is 0 Å². The normalized spacial score (nSPS) is 31.6. The van der Waals surface area contributed by atoms with E-state index in [9.17, 15) is 18.0 Å². The minimum Gasteiger partial charge on any atom is -0.349 e. The molecule has 1 heterocycles. The summed E-state index contributed by atoms with van der Waals surface area (Å²) >= 11 is 0.900. The van der Waals surface area contributed by atoms with Crippen LogP contribution in [0.1, 0.15) is 30.0 Å². The molecule has 3 rings (SSSR count). The molecule has 2 fully saturated rings. The highest BCUT2D eigenvalue weighted by atomic mass is 32.1. The summed E-state index contributed by atoms with van der Waals surface area (Å²) in [6.07, 6.45) is -1.34. The fourth-order valence-corrected chi connectivity index (χ4v) is 4.27. The maximum atomic E-state index is 12.4. The van der Waals surface area contributed by atoms with Crippen LogP contribution in [0.3, 0.4) is 0 Å². The summed E-state index contributed by atoms with van der Waals surface area (Å²) in [5.74, 6) is 0.388. The van der Waals surface area contributed by atoms with Crippen molar-refractivity contribution in [2.75, 3.05) is 0 Å². The third-order valence-electron chi connectivity index (χ3n) is 4.54. The molecule has 0 aromatic carbocycles. The number of thiazole rings is 1. The van der Waals surface area contributed by atoms with Crippen LogP contribution in [0.15, 0.2) is 5.38 Å². The van der Waals surface area contributed by atoms with E-state index in [0.717, 1.165) is 36.0 Å². The summed E-state index contributed by atoms with van der Waals surface area (Å²) in [4.78, 5) is 15.7. The third kappa shape index (κ3) is 2.78. The van der Waals surface area contributed by atoms with E-state index in [1.165, 1.54) is 0 Å². The van der Waals surface area contributed by atoms with E-state index in [1.807, 2.05) is 0 Å². The third-order valence-corrected chi connectivity index (χ3v) is 5.39. The molecule has 2 aliphatic carbocycles. The van der Waals surface area contributed by atoms with Gasteiger partial charge in [-0.1, -0.05) is 0 Å². The van der Waals surface area contributed by atoms with Gasteiger partial charge in [-0.15, -0.1) is 11.3 Å². The zero-order chi connectivity index (χ0) is 15.2. The SMILES string of the molecule is NC1C2CCC(C2)C1C(=O)NCc1nc(C(F)(F)F)cs1. The second-order valence-corrected chi connectivity index (χ2v) is 6.72. The molecule has 2 saturated carbocycles. The standard InChI is InChI=1S/C13H16F3N3OS/c14-13(15,16)8-5-21-9(19-8)4-18-12(20)10-6-1-2-7(3-6)11(10)17/h5-7,10-11H,1-4,17H2,(H,18,20). The number of amides is 1. The summed E-state index contributed by atoms with van der Waals surface area (Å²) in [6.45, 7) is 0.0280. The Kier molecular flexibility index (Phi) is 3.69. The number of hydrogen-bond donors (Lipinski definition) is 2. The van der Waals surface area contributed by atoms with Crippen molar-refractivity contribution in [1.29, 1.82) is 0 Å². The zero-order valence-electron chi connectivity index (χ0n) is 11.2. The Hall–Kier alpha value is -1.15. The molecule has 1 aromatic rings. The van der Waals surface area contributed by atoms with Gasteiger partial charge in [0, 0.05) is 11.4 Å². The van der Waals surface area contributed by atoms with E-state index in [-0.39, 0.29) is 29.4 Å². The molecule has 4 atom stereocenters. The second kappa shape index (κ2) is 5.24. The number of carbonyl (C=O) groups excluding carboxylic acids is 1. The molecule has 2 aliphatic rings. The molecule has 0 radical (unpaired) electrons. The first-order valence-corrected chi connectivity index (χ1v) is 7.79. The van der Waals surface area contributed by atoms with Crippen molar-refractivity contribution in [2.45, 2.75) is 38.0 Å². The van der Waals surface area contributed by atoms with Gasteiger partial charge in [-0.05, 0) is 31.1 Å². The summed E-state index contributed by atoms with van der Waals surface area (Å²) < 4.78 is 37.3. The van der Waals surface area contributed by atoms with E-state index >= 15 is 0 Å². The molecule has 4 unspecified atom stereocenters. The van der Waals surface area contributed by atoms with Crippen LogP contribution in [0, 0.1) is 17.8 Å². The van der Waals surface area contributed by atoms with Gasteiger partial charge < -0.3 is 11.1 Å². The first kappa shape index (κ1) is 14.8. The molecule has 2 bridgehead atoms. The number of carbonyl (C=O) groups is 1. The molecule has 3 N–H and O–H groups in total. The average molecular weight is 319 g/mol. The lowest BCUT2D eigenvalue weighted by Gasteiger charge is -2.26. The van der Waals surface area contributed by atoms with Crippen molar-refractivity contribution in [2.24, 2.45) is 23.5 Å². The zero-order valence-corrected chi connectivity index (χ0v) is 12.0. The van der Waals surface area contributed by atoms with E-state index in [4.69, 9.17) is 5.73 Å². The molecular weight excluding hydrogens is 303 g/mol. The Morgan fingerprint density at radius 2 is 2.14 bits per heavy atom. The monoisotopic (exact) mass is 319 g/mol. The van der Waals surface area contributed by atoms with Gasteiger partial charge in [0.25, 0.3) is 0 Å². The topological polar surface area (TPSA) is 68.0 Å². The van der Waals surface area contributed by atoms with Gasteiger partial charge in [-0.3, -0.25) is 4.79 Å². The smallest absolute Gasteiger partial charge is 0.349 e. The van der Waals surface area contributed by atoms with Crippen LogP contribution in [-0.4, -0.2) is 16.9 Å². The molecular formula is C13H16F3N3OS. The number of halogens is 3. The number of nitrogens with two attached hydrogens (primary N) is 1. The molecule has 4 nitrogen and oxygen atoms in total. The predicted octanol–water partition coefficient (Wildman–Crippen LogP) is 2.15. The predicted molar refractivity (Wildman–Crippen MR) is 71.3 cm³/mol. The molecule has 8 heteroatoms. The summed E-state index contributed by atoms with van der Waals surface area (Å²) in [5, 5.41) is 3.90. The lowest BCUT2D eigenvalue weighted by molar-refractivity contribution is -0.140. The van der Waals surface area contributed by atoms with E-state index in [2.05, 4.69) is 10.3 Å². The number of alkyl halides is 3. The highest BCUT2D eigenvalue weighted by Crippen LogP contribution is 2.47. The molecule has 116 valence electrons. The van der Waals surface area contributed by atoms with Crippen LogP contribution in [-0.2, 0) is 17.5 Å². The second-order valence-electron chi connectivity index (χ2n) is 5.78. The van der Waals surface area contributed by atoms with E-state index in [0.29, 0.717) is 11.8 Å². The van der Waals surface area contributed by atoms with Gasteiger partial charge in [0.2, 0.25) is 5.91 Å². The summed E-state index contributed by atoms with van der Waals surface area (Å²) in [5.41, 5.74) is 5.16. The number of fused-ring (bicyclic) bond motifs is 2. The molecule has 1 amide bonds. The van der Waals surface area contributed by atoms with Crippen LogP contribution < -0.4 is 11.1 Å². The van der Waals surface area contributed by atoms with Gasteiger partial charge in [0.15, 0.2) is 5.69 Å². The summed E-state index contributed by atoms with van der Waals surface area (Å²) in [7, 11) is 0. The molecule has 1 aromatic heterocycles. The van der Waals surface area contributed by atoms with Crippen molar-refractivity contribution in [3.8, 4) is 0 Å². The minimum atomic E-state index is -4.44. The maximum absolute atomic E-state index is 12.4. The van der Waals surface area contributed by atoms with Crippen molar-refractivity contribution in [3.05, 3.63) is 16.1 Å². The van der Waals surface area contributed by atoms with E-state index < -0.39 is 11.9 Å². The van der Waals surface area contributed by atoms with Gasteiger partial charge in [0.1, 0.15) is 5.01 Å². The average Bonchev–Trinajstić information content (AvgIpc) is 3.10. The van der Waals surface area contributed by atoms with Crippen LogP contribution in [0.4, 0.5) is 13.2 Å². The Labute approximate surface area is 123 Å². The number of nitrogens with zero attached hydrogens (tertiary/aromatic N) is 1. The largest absolute Gasteiger partial charge is 0.434 e. The van der Waals surface area contributed by atoms with Gasteiger partial charge in [0.05, 0.1) is 12.5 Å². The van der Waals surface area contributed by atoms with Crippen molar-refractivity contribution >= 4 is 17.2 Å². The van der Waals surface area contributed by atoms with Crippen molar-refractivity contribution < 1.29 is 18.0 Å². The van der Waals surface area contributed by atoms with Gasteiger partial charge in [-0.2, -0.15) is 13.2 Å². The fourth-order valence-electron chi connectivity index (χ4n) is 3.53. The van der Waals surface area contributed by atoms with Gasteiger partial charge >= 0.3 is 6.18 Å². The lowest BCUT2D eigenvalue weighted by Crippen LogP contribution is -2.45. The van der Waals surface area contributed by atoms with Crippen LogP contribution in [0.25, 0.3) is 0 Å². The Balaban J connectivity index is 1.58. The van der Waals surface area contributed by atoms with Crippen molar-refractivity contribution in [1.82, 2.24) is 10.3 Å². The number of aromatic nitrogens is 1. The van der Waals surface area contributed by atoms with Crippen molar-refractivity contribution in [3.63, 3.8) is 0 Å². The maximum Gasteiger partial charge on any atom is 0.434 e. The Bertz CT molecular complexity index is 543. The molecule has 0 aliphatic heterocycles. The molecule has 0 spiro atoms. The first-order chi connectivity index (χ1) is 9.86. The van der Waals surface area contributed by atoms with E-state index in [1.54, 1.807) is 0 Å². The highest BCUT2D eigenvalue weighted by Gasteiger charge is 2.49. The molecule has 21 heavy (non-hydrogen) atoms. The molecule has 0 saturated heterocycles. The minimum absolute atomic E-state index is 0.0280. The Morgan fingerprint density at radius 1 is 1.43 bits per heavy atom. The fraction of sp³-hybridized carbons (Fsp3) is 0.692. The van der Waals surface area contributed by atoms with Crippen LogP contribution >= 0.6 is 11.3 Å². The quantitative estimate of drug-likeness (QED) is 0.897. The lowest BCUT2D eigenvalue weighted by atomic mass is 9.84. The first-order valence-electron chi connectivity index (χ1n) is 6.91.